The minimum Gasteiger partial charge on any atom is -0.351 e. The maximum absolute atomic E-state index is 12.6. The monoisotopic (exact) mass is 508 g/mol. The highest BCUT2D eigenvalue weighted by atomic mass is 35.5. The molecule has 1 amide bonds. The molecule has 2 N–H and O–H groups in total. The van der Waals surface area contributed by atoms with Crippen molar-refractivity contribution in [3.05, 3.63) is 93.5 Å². The van der Waals surface area contributed by atoms with Gasteiger partial charge in [0.2, 0.25) is 0 Å². The average Bonchev–Trinajstić information content (AvgIpc) is 2.77. The number of nitrogens with one attached hydrogen (secondary N) is 2. The van der Waals surface area contributed by atoms with Gasteiger partial charge >= 0.3 is 0 Å². The van der Waals surface area contributed by atoms with Crippen LogP contribution in [-0.2, 0) is 15.8 Å². The highest BCUT2D eigenvalue weighted by Crippen LogP contribution is 2.25. The summed E-state index contributed by atoms with van der Waals surface area (Å²) in [4.78, 5) is 12.7. The summed E-state index contributed by atoms with van der Waals surface area (Å²) in [6.45, 7) is 2.26. The topological polar surface area (TPSA) is 75.3 Å². The zero-order valence-electron chi connectivity index (χ0n) is 17.3. The second-order valence-electron chi connectivity index (χ2n) is 7.01. The first-order valence-electron chi connectivity index (χ1n) is 9.74. The molecule has 0 atom stereocenters. The van der Waals surface area contributed by atoms with Gasteiger partial charge in [-0.15, -0.1) is 0 Å². The fourth-order valence-corrected chi connectivity index (χ4v) is 5.10. The van der Waals surface area contributed by atoms with Crippen LogP contribution in [0.3, 0.4) is 0 Å². The van der Waals surface area contributed by atoms with Gasteiger partial charge in [-0.05, 0) is 54.4 Å². The molecule has 3 aromatic rings. The Balaban J connectivity index is 1.55. The van der Waals surface area contributed by atoms with Crippen LogP contribution in [0, 0.1) is 6.92 Å². The number of carbonyl (C=O) groups excluding carboxylic acids is 1. The van der Waals surface area contributed by atoms with E-state index in [0.29, 0.717) is 33.6 Å². The Morgan fingerprint density at radius 3 is 2.44 bits per heavy atom. The van der Waals surface area contributed by atoms with Crippen LogP contribution in [0.15, 0.2) is 71.6 Å². The van der Waals surface area contributed by atoms with E-state index in [2.05, 4.69) is 10.0 Å². The zero-order valence-corrected chi connectivity index (χ0v) is 20.4. The SMILES string of the molecule is Cc1ccc(C(=O)NCCSCc2ccc(Cl)c(Cl)c2)cc1NS(=O)(=O)c1ccccc1. The molecule has 0 bridgehead atoms. The largest absolute Gasteiger partial charge is 0.351 e. The molecule has 0 unspecified atom stereocenters. The Bertz CT molecular complexity index is 1200. The lowest BCUT2D eigenvalue weighted by atomic mass is 10.1. The van der Waals surface area contributed by atoms with Gasteiger partial charge < -0.3 is 5.32 Å². The molecule has 0 saturated carbocycles. The smallest absolute Gasteiger partial charge is 0.261 e. The van der Waals surface area contributed by atoms with Crippen LogP contribution in [0.5, 0.6) is 0 Å². The van der Waals surface area contributed by atoms with Crippen LogP contribution in [0.4, 0.5) is 5.69 Å². The highest BCUT2D eigenvalue weighted by Gasteiger charge is 2.16. The van der Waals surface area contributed by atoms with Crippen LogP contribution in [0.1, 0.15) is 21.5 Å². The number of aryl methyl sites for hydroxylation is 1. The number of rotatable bonds is 9. The number of carbonyl (C=O) groups is 1. The summed E-state index contributed by atoms with van der Waals surface area (Å²) >= 11 is 13.6. The molecular weight excluding hydrogens is 487 g/mol. The molecule has 32 heavy (non-hydrogen) atoms. The van der Waals surface area contributed by atoms with E-state index < -0.39 is 10.0 Å². The Labute approximate surface area is 202 Å². The average molecular weight is 509 g/mol. The van der Waals surface area contributed by atoms with E-state index in [1.807, 2.05) is 12.1 Å². The summed E-state index contributed by atoms with van der Waals surface area (Å²) in [5.74, 6) is 1.20. The summed E-state index contributed by atoms with van der Waals surface area (Å²) in [6, 6.07) is 18.6. The van der Waals surface area contributed by atoms with Gasteiger partial charge in [0.05, 0.1) is 20.6 Å². The first kappa shape index (κ1) is 24.5. The number of amides is 1. The standard InChI is InChI=1S/C23H22Cl2N2O3S2/c1-16-7-9-18(14-22(16)27-32(29,30)19-5-3-2-4-6-19)23(28)26-11-12-31-15-17-8-10-20(24)21(25)13-17/h2-10,13-14,27H,11-12,15H2,1H3,(H,26,28). The molecule has 0 aliphatic heterocycles. The Hall–Kier alpha value is -2.19. The van der Waals surface area contributed by atoms with E-state index in [1.54, 1.807) is 61.2 Å². The van der Waals surface area contributed by atoms with Gasteiger partial charge in [-0.3, -0.25) is 9.52 Å². The van der Waals surface area contributed by atoms with E-state index in [0.717, 1.165) is 16.9 Å². The van der Waals surface area contributed by atoms with Crippen molar-refractivity contribution in [3.8, 4) is 0 Å². The molecule has 0 saturated heterocycles. The first-order chi connectivity index (χ1) is 15.3. The number of sulfonamides is 1. The predicted octanol–water partition coefficient (Wildman–Crippen LogP) is 5.77. The molecule has 0 radical (unpaired) electrons. The van der Waals surface area contributed by atoms with E-state index in [9.17, 15) is 13.2 Å². The van der Waals surface area contributed by atoms with Gasteiger partial charge in [0.25, 0.3) is 15.9 Å². The van der Waals surface area contributed by atoms with E-state index in [-0.39, 0.29) is 10.8 Å². The molecule has 3 aromatic carbocycles. The third-order valence-corrected chi connectivity index (χ3v) is 7.73. The second-order valence-corrected chi connectivity index (χ2v) is 10.6. The molecule has 0 aromatic heterocycles. The normalized spacial score (nSPS) is 11.2. The van der Waals surface area contributed by atoms with Crippen LogP contribution < -0.4 is 10.0 Å². The van der Waals surface area contributed by atoms with Crippen LogP contribution in [0.2, 0.25) is 10.0 Å². The lowest BCUT2D eigenvalue weighted by Gasteiger charge is -2.12. The second kappa shape index (κ2) is 11.1. The number of anilines is 1. The van der Waals surface area contributed by atoms with Gasteiger partial charge in [0, 0.05) is 23.6 Å². The Kier molecular flexibility index (Phi) is 8.48. The van der Waals surface area contributed by atoms with Gasteiger partial charge in [-0.25, -0.2) is 8.42 Å². The molecule has 3 rings (SSSR count). The fraction of sp³-hybridized carbons (Fsp3) is 0.174. The maximum Gasteiger partial charge on any atom is 0.261 e. The third-order valence-electron chi connectivity index (χ3n) is 4.58. The minimum absolute atomic E-state index is 0.160. The summed E-state index contributed by atoms with van der Waals surface area (Å²) in [5.41, 5.74) is 2.54. The zero-order chi connectivity index (χ0) is 23.1. The lowest BCUT2D eigenvalue weighted by Crippen LogP contribution is -2.26. The summed E-state index contributed by atoms with van der Waals surface area (Å²) in [6.07, 6.45) is 0. The van der Waals surface area contributed by atoms with Crippen LogP contribution >= 0.6 is 35.0 Å². The molecule has 0 aliphatic carbocycles. The first-order valence-corrected chi connectivity index (χ1v) is 13.1. The van der Waals surface area contributed by atoms with Gasteiger partial charge in [-0.2, -0.15) is 11.8 Å². The van der Waals surface area contributed by atoms with Crippen molar-refractivity contribution in [2.75, 3.05) is 17.0 Å². The predicted molar refractivity (Wildman–Crippen MR) is 133 cm³/mol. The number of hydrogen-bond acceptors (Lipinski definition) is 4. The number of hydrogen-bond donors (Lipinski definition) is 2. The molecule has 0 heterocycles. The summed E-state index contributed by atoms with van der Waals surface area (Å²) in [5, 5.41) is 3.91. The Morgan fingerprint density at radius 1 is 0.969 bits per heavy atom. The molecular formula is C23H22Cl2N2O3S2. The molecule has 0 spiro atoms. The van der Waals surface area contributed by atoms with E-state index in [1.165, 1.54) is 12.1 Å². The van der Waals surface area contributed by atoms with Crippen molar-refractivity contribution in [1.29, 1.82) is 0 Å². The summed E-state index contributed by atoms with van der Waals surface area (Å²) < 4.78 is 27.8. The van der Waals surface area contributed by atoms with Crippen molar-refractivity contribution in [1.82, 2.24) is 5.32 Å². The number of thioether (sulfide) groups is 1. The quantitative estimate of drug-likeness (QED) is 0.360. The van der Waals surface area contributed by atoms with Crippen molar-refractivity contribution in [3.63, 3.8) is 0 Å². The summed E-state index contributed by atoms with van der Waals surface area (Å²) in [7, 11) is -3.74. The van der Waals surface area contributed by atoms with Crippen molar-refractivity contribution in [2.24, 2.45) is 0 Å². The van der Waals surface area contributed by atoms with Gasteiger partial charge in [-0.1, -0.05) is 53.5 Å². The minimum atomic E-state index is -3.74. The number of benzene rings is 3. The van der Waals surface area contributed by atoms with Gasteiger partial charge in [0.15, 0.2) is 0 Å². The van der Waals surface area contributed by atoms with E-state index >= 15 is 0 Å². The highest BCUT2D eigenvalue weighted by molar-refractivity contribution is 7.98. The van der Waals surface area contributed by atoms with Crippen molar-refractivity contribution >= 4 is 56.6 Å². The lowest BCUT2D eigenvalue weighted by molar-refractivity contribution is 0.0956. The fourth-order valence-electron chi connectivity index (χ4n) is 2.83. The van der Waals surface area contributed by atoms with E-state index in [4.69, 9.17) is 23.2 Å². The Morgan fingerprint density at radius 2 is 1.72 bits per heavy atom. The van der Waals surface area contributed by atoms with Gasteiger partial charge in [0.1, 0.15) is 0 Å². The van der Waals surface area contributed by atoms with Crippen LogP contribution in [0.25, 0.3) is 0 Å². The third kappa shape index (κ3) is 6.65. The van der Waals surface area contributed by atoms with Crippen LogP contribution in [-0.4, -0.2) is 26.6 Å². The molecule has 5 nitrogen and oxygen atoms in total. The van der Waals surface area contributed by atoms with Crippen molar-refractivity contribution in [2.45, 2.75) is 17.6 Å². The molecule has 0 fully saturated rings. The maximum atomic E-state index is 12.6. The molecule has 168 valence electrons. The number of halogens is 2. The van der Waals surface area contributed by atoms with Crippen molar-refractivity contribution < 1.29 is 13.2 Å². The molecule has 0 aliphatic rings. The molecule has 9 heteroatoms.